The third-order valence-corrected chi connectivity index (χ3v) is 17.5. The summed E-state index contributed by atoms with van der Waals surface area (Å²) in [6.07, 6.45) is 9.11. The second kappa shape index (κ2) is 49.0. The number of carbonyl (C=O) groups is 6. The average molecular weight is 1390 g/mol. The molecule has 95 heavy (non-hydrogen) atoms. The molecule has 3 heterocycles. The Hall–Kier alpha value is -5.56. The molecule has 3 saturated heterocycles. The van der Waals surface area contributed by atoms with E-state index < -0.39 is 18.1 Å². The van der Waals surface area contributed by atoms with Gasteiger partial charge in [-0.3, -0.25) is 33.7 Å². The van der Waals surface area contributed by atoms with Crippen LogP contribution in [0.5, 0.6) is 0 Å². The van der Waals surface area contributed by atoms with E-state index in [1.165, 1.54) is 0 Å². The lowest BCUT2D eigenvalue weighted by Crippen LogP contribution is -2.52. The minimum absolute atomic E-state index is 0. The molecule has 0 unspecified atom stereocenters. The van der Waals surface area contributed by atoms with Crippen LogP contribution in [0, 0.1) is 0 Å². The predicted molar refractivity (Wildman–Crippen MR) is 385 cm³/mol. The number of benzene rings is 3. The first-order valence-corrected chi connectivity index (χ1v) is 35.1. The Balaban J connectivity index is 0.0000163. The van der Waals surface area contributed by atoms with Crippen molar-refractivity contribution in [2.45, 2.75) is 95.5 Å². The van der Waals surface area contributed by atoms with Gasteiger partial charge in [0.15, 0.2) is 0 Å². The molecule has 15 N–H and O–H groups in total. The van der Waals surface area contributed by atoms with Crippen LogP contribution in [0.15, 0.2) is 72.8 Å². The van der Waals surface area contributed by atoms with E-state index in [2.05, 4.69) is 99.4 Å². The van der Waals surface area contributed by atoms with Crippen LogP contribution in [0.2, 0.25) is 0 Å². The molecule has 0 radical (unpaired) electrons. The Kier molecular flexibility index (Phi) is 41.4. The molecular weight excluding hydrogens is 1270 g/mol. The summed E-state index contributed by atoms with van der Waals surface area (Å²) in [5.41, 5.74) is 4.59. The number of hydrogen-bond acceptors (Lipinski definition) is 19. The van der Waals surface area contributed by atoms with E-state index in [0.717, 1.165) is 212 Å². The standard InChI is InChI=1S/C69H117N19O6.BrH/c1-70-67(92)61(52-86-40-7-31-73-25-4-26-74-32-8-41-86)82-64(89)58-19-13-55(14-20-58)49-79-37-46-85(47-38-80-50-56-15-21-59(22-16-56)65(90)83-62(68(93)71-2)53-87-42-9-33-75-27-5-28-76-34-10-43-87)48-39-81-51-57-17-23-60(24-18-57)66(91)84-63(69(94)72-3)54-88-44-11-35-77-29-6-30-78-36-12-45-88;/h13-24,61-63,73-81H,4-12,25-54H2,1-3H3,(H,70,92)(H,71,93)(H,72,94)(H,82,89)(H,83,90)(H,84,91);1H/t61-,62-,63-;/m0./s1. The van der Waals surface area contributed by atoms with Crippen molar-refractivity contribution in [3.63, 3.8) is 0 Å². The second-order valence-corrected chi connectivity index (χ2v) is 25.0. The molecular formula is C69H118BrN19O6. The van der Waals surface area contributed by atoms with E-state index >= 15 is 0 Å². The molecule has 3 aliphatic rings. The number of hydrogen-bond donors (Lipinski definition) is 15. The Morgan fingerprint density at radius 2 is 0.579 bits per heavy atom. The molecule has 25 nitrogen and oxygen atoms in total. The van der Waals surface area contributed by atoms with Gasteiger partial charge in [-0.15, -0.1) is 17.0 Å². The molecule has 3 aromatic rings. The van der Waals surface area contributed by atoms with Crippen molar-refractivity contribution < 1.29 is 28.8 Å². The first kappa shape index (κ1) is 80.1. The summed E-state index contributed by atoms with van der Waals surface area (Å²) in [4.78, 5) is 89.4. The summed E-state index contributed by atoms with van der Waals surface area (Å²) in [6, 6.07) is 20.6. The van der Waals surface area contributed by atoms with Crippen LogP contribution in [-0.2, 0) is 34.0 Å². The van der Waals surface area contributed by atoms with Gasteiger partial charge < -0.3 is 94.5 Å². The van der Waals surface area contributed by atoms with Gasteiger partial charge in [-0.25, -0.2) is 0 Å². The number of carbonyl (C=O) groups excluding carboxylic acids is 6. The minimum atomic E-state index is -0.692. The summed E-state index contributed by atoms with van der Waals surface area (Å²) in [5, 5.41) is 49.1. The lowest BCUT2D eigenvalue weighted by Gasteiger charge is -2.28. The fourth-order valence-electron chi connectivity index (χ4n) is 11.9. The molecule has 0 aromatic heterocycles. The topological polar surface area (TPSA) is 296 Å². The van der Waals surface area contributed by atoms with Gasteiger partial charge in [0.1, 0.15) is 18.1 Å². The van der Waals surface area contributed by atoms with Crippen LogP contribution in [0.1, 0.15) is 106 Å². The van der Waals surface area contributed by atoms with Gasteiger partial charge in [0.05, 0.1) is 0 Å². The minimum Gasteiger partial charge on any atom is -0.357 e. The van der Waals surface area contributed by atoms with E-state index in [9.17, 15) is 28.8 Å². The predicted octanol–water partition coefficient (Wildman–Crippen LogP) is -0.236. The Morgan fingerprint density at radius 3 is 0.800 bits per heavy atom. The molecule has 6 amide bonds. The smallest absolute Gasteiger partial charge is 0.251 e. The van der Waals surface area contributed by atoms with Crippen molar-refractivity contribution in [1.82, 2.24) is 99.4 Å². The number of amides is 6. The highest BCUT2D eigenvalue weighted by Crippen LogP contribution is 2.11. The largest absolute Gasteiger partial charge is 0.357 e. The molecule has 0 saturated carbocycles. The summed E-state index contributed by atoms with van der Waals surface area (Å²) in [5.74, 6) is -1.51. The monoisotopic (exact) mass is 1390 g/mol. The number of likely N-dealkylation sites (N-methyl/N-ethyl adjacent to an activating group) is 3. The highest BCUT2D eigenvalue weighted by Gasteiger charge is 2.27. The fourth-order valence-corrected chi connectivity index (χ4v) is 11.9. The van der Waals surface area contributed by atoms with Crippen molar-refractivity contribution in [3.05, 3.63) is 106 Å². The molecule has 0 spiro atoms. The van der Waals surface area contributed by atoms with Crippen molar-refractivity contribution in [3.8, 4) is 0 Å². The lowest BCUT2D eigenvalue weighted by molar-refractivity contribution is -0.123. The molecule has 3 atom stereocenters. The maximum atomic E-state index is 13.6. The van der Waals surface area contributed by atoms with E-state index in [1.54, 1.807) is 21.1 Å². The van der Waals surface area contributed by atoms with Gasteiger partial charge in [0.2, 0.25) is 17.7 Å². The molecule has 532 valence electrons. The fraction of sp³-hybridized carbons (Fsp3) is 0.652. The van der Waals surface area contributed by atoms with Crippen LogP contribution < -0.4 is 79.8 Å². The third-order valence-electron chi connectivity index (χ3n) is 17.5. The van der Waals surface area contributed by atoms with E-state index in [-0.39, 0.29) is 52.4 Å². The summed E-state index contributed by atoms with van der Waals surface area (Å²) in [6.45, 7) is 24.0. The molecule has 6 rings (SSSR count). The van der Waals surface area contributed by atoms with Crippen molar-refractivity contribution >= 4 is 52.4 Å². The highest BCUT2D eigenvalue weighted by atomic mass is 79.9. The highest BCUT2D eigenvalue weighted by molar-refractivity contribution is 8.93. The number of rotatable bonds is 30. The van der Waals surface area contributed by atoms with Gasteiger partial charge in [0, 0.05) is 116 Å². The maximum absolute atomic E-state index is 13.6. The summed E-state index contributed by atoms with van der Waals surface area (Å²) in [7, 11) is 4.82. The molecule has 26 heteroatoms. The van der Waals surface area contributed by atoms with Gasteiger partial charge in [-0.05, 0) is 229 Å². The normalized spacial score (nSPS) is 17.9. The van der Waals surface area contributed by atoms with Crippen LogP contribution >= 0.6 is 17.0 Å². The Bertz CT molecular complexity index is 2300. The number of nitrogens with one attached hydrogen (secondary N) is 15. The summed E-state index contributed by atoms with van der Waals surface area (Å²) < 4.78 is 0. The van der Waals surface area contributed by atoms with Gasteiger partial charge in [-0.2, -0.15) is 0 Å². The van der Waals surface area contributed by atoms with Crippen LogP contribution in [0.4, 0.5) is 0 Å². The van der Waals surface area contributed by atoms with Gasteiger partial charge in [-0.1, -0.05) is 36.4 Å². The maximum Gasteiger partial charge on any atom is 0.251 e. The molecule has 3 fully saturated rings. The zero-order chi connectivity index (χ0) is 66.6. The van der Waals surface area contributed by atoms with Crippen LogP contribution in [0.25, 0.3) is 0 Å². The Morgan fingerprint density at radius 1 is 0.358 bits per heavy atom. The molecule has 0 aliphatic carbocycles. The number of nitrogens with zero attached hydrogens (tertiary/aromatic N) is 4. The second-order valence-electron chi connectivity index (χ2n) is 25.0. The molecule has 3 aliphatic heterocycles. The first-order chi connectivity index (χ1) is 46.0. The quantitative estimate of drug-likeness (QED) is 0.0384. The molecule has 0 bridgehead atoms. The lowest BCUT2D eigenvalue weighted by atomic mass is 10.1. The first-order valence-electron chi connectivity index (χ1n) is 35.1. The summed E-state index contributed by atoms with van der Waals surface area (Å²) >= 11 is 0. The van der Waals surface area contributed by atoms with E-state index in [4.69, 9.17) is 0 Å². The zero-order valence-electron chi connectivity index (χ0n) is 57.4. The van der Waals surface area contributed by atoms with Crippen LogP contribution in [-0.4, -0.2) is 271 Å². The van der Waals surface area contributed by atoms with Gasteiger partial charge >= 0.3 is 0 Å². The average Bonchev–Trinajstić information content (AvgIpc) is 1.07. The zero-order valence-corrected chi connectivity index (χ0v) is 59.1. The van der Waals surface area contributed by atoms with Gasteiger partial charge in [0.25, 0.3) is 17.7 Å². The van der Waals surface area contributed by atoms with Crippen molar-refractivity contribution in [2.75, 3.05) is 198 Å². The Labute approximate surface area is 577 Å². The van der Waals surface area contributed by atoms with Crippen molar-refractivity contribution in [2.24, 2.45) is 0 Å². The van der Waals surface area contributed by atoms with E-state index in [0.29, 0.717) is 75.6 Å². The van der Waals surface area contributed by atoms with E-state index in [1.807, 2.05) is 72.8 Å². The number of halogens is 1. The third kappa shape index (κ3) is 33.0. The van der Waals surface area contributed by atoms with Crippen LogP contribution in [0.3, 0.4) is 0 Å². The van der Waals surface area contributed by atoms with Crippen molar-refractivity contribution in [1.29, 1.82) is 0 Å². The SMILES string of the molecule is Br.CNC(=O)[C@H](CN1CCCNCCCNCCC1)NC(=O)c1ccc(CNCCN(CCNCc2ccc(C(=O)N[C@@H](CN3CCCNCCCNCCC3)C(=O)NC)cc2)CCNCc2ccc(C(=O)N[C@@H](CN3CCCNCCCNCCC3)C(=O)NC)cc2)cc1. The molecule has 3 aromatic carbocycles.